The van der Waals surface area contributed by atoms with E-state index in [1.54, 1.807) is 0 Å². The van der Waals surface area contributed by atoms with Gasteiger partial charge in [0.05, 0.1) is 24.2 Å². The summed E-state index contributed by atoms with van der Waals surface area (Å²) in [6, 6.07) is 0. The molecule has 3 atom stereocenters. The molecule has 2 heterocycles. The molecule has 4 heteroatoms. The van der Waals surface area contributed by atoms with E-state index >= 15 is 0 Å². The smallest absolute Gasteiger partial charge is 0.222 e. The molecule has 2 aliphatic heterocycles. The molecule has 2 rings (SSSR count). The Morgan fingerprint density at radius 2 is 2.31 bits per heavy atom. The molecule has 92 valence electrons. The molecule has 0 bridgehead atoms. The monoisotopic (exact) mass is 227 g/mol. The summed E-state index contributed by atoms with van der Waals surface area (Å²) in [5.41, 5.74) is 0.0357. The number of nitrogens with one attached hydrogen (secondary N) is 1. The van der Waals surface area contributed by atoms with Gasteiger partial charge < -0.3 is 14.8 Å². The zero-order chi connectivity index (χ0) is 11.6. The standard InChI is InChI=1S/C12H21NO3/c1-3-5-13-11(14)7-10-8-12(4-6-15-10)9(2)16-12/h9-10H,3-8H2,1-2H3,(H,13,14)/t9-,10-,12-/m1/s1. The highest BCUT2D eigenvalue weighted by Crippen LogP contribution is 2.46. The number of hydrogen-bond donors (Lipinski definition) is 1. The van der Waals surface area contributed by atoms with Crippen molar-refractivity contribution < 1.29 is 14.3 Å². The summed E-state index contributed by atoms with van der Waals surface area (Å²) in [6.45, 7) is 5.62. The van der Waals surface area contributed by atoms with Crippen LogP contribution in [-0.4, -0.2) is 36.9 Å². The van der Waals surface area contributed by atoms with Crippen molar-refractivity contribution in [1.82, 2.24) is 5.32 Å². The molecule has 0 aromatic rings. The largest absolute Gasteiger partial charge is 0.377 e. The summed E-state index contributed by atoms with van der Waals surface area (Å²) >= 11 is 0. The van der Waals surface area contributed by atoms with E-state index < -0.39 is 0 Å². The minimum atomic E-state index is 0.0357. The van der Waals surface area contributed by atoms with E-state index in [-0.39, 0.29) is 17.6 Å². The van der Waals surface area contributed by atoms with Gasteiger partial charge in [-0.1, -0.05) is 6.92 Å². The number of hydrogen-bond acceptors (Lipinski definition) is 3. The Morgan fingerprint density at radius 3 is 2.94 bits per heavy atom. The number of amides is 1. The van der Waals surface area contributed by atoms with Gasteiger partial charge in [0.25, 0.3) is 0 Å². The van der Waals surface area contributed by atoms with Crippen LogP contribution in [0.2, 0.25) is 0 Å². The summed E-state index contributed by atoms with van der Waals surface area (Å²) in [5.74, 6) is 0.0946. The molecule has 2 saturated heterocycles. The third-order valence-electron chi connectivity index (χ3n) is 3.53. The number of rotatable bonds is 4. The number of carbonyl (C=O) groups is 1. The van der Waals surface area contributed by atoms with Gasteiger partial charge in [-0.15, -0.1) is 0 Å². The fourth-order valence-electron chi connectivity index (χ4n) is 2.41. The maximum Gasteiger partial charge on any atom is 0.222 e. The van der Waals surface area contributed by atoms with Gasteiger partial charge in [-0.05, 0) is 13.3 Å². The van der Waals surface area contributed by atoms with Crippen LogP contribution in [0.25, 0.3) is 0 Å². The maximum absolute atomic E-state index is 11.6. The molecule has 4 nitrogen and oxygen atoms in total. The van der Waals surface area contributed by atoms with Gasteiger partial charge in [-0.25, -0.2) is 0 Å². The van der Waals surface area contributed by atoms with Gasteiger partial charge in [0.1, 0.15) is 0 Å². The van der Waals surface area contributed by atoms with Crippen molar-refractivity contribution in [2.45, 2.75) is 57.3 Å². The lowest BCUT2D eigenvalue weighted by atomic mass is 9.91. The second kappa shape index (κ2) is 4.72. The third-order valence-corrected chi connectivity index (χ3v) is 3.53. The maximum atomic E-state index is 11.6. The molecular weight excluding hydrogens is 206 g/mol. The van der Waals surface area contributed by atoms with E-state index in [4.69, 9.17) is 9.47 Å². The Kier molecular flexibility index (Phi) is 3.50. The summed E-state index contributed by atoms with van der Waals surface area (Å²) in [7, 11) is 0. The molecule has 1 amide bonds. The summed E-state index contributed by atoms with van der Waals surface area (Å²) in [4.78, 5) is 11.6. The van der Waals surface area contributed by atoms with Crippen molar-refractivity contribution in [2.24, 2.45) is 0 Å². The Bertz CT molecular complexity index is 269. The lowest BCUT2D eigenvalue weighted by Crippen LogP contribution is -2.37. The second-order valence-electron chi connectivity index (χ2n) is 4.83. The van der Waals surface area contributed by atoms with Crippen LogP contribution in [0, 0.1) is 0 Å². The van der Waals surface area contributed by atoms with Crippen LogP contribution in [0.4, 0.5) is 0 Å². The van der Waals surface area contributed by atoms with Gasteiger partial charge in [0, 0.05) is 26.0 Å². The highest BCUT2D eigenvalue weighted by molar-refractivity contribution is 5.76. The van der Waals surface area contributed by atoms with Crippen LogP contribution >= 0.6 is 0 Å². The Balaban J connectivity index is 1.75. The van der Waals surface area contributed by atoms with Crippen LogP contribution in [-0.2, 0) is 14.3 Å². The van der Waals surface area contributed by atoms with Crippen LogP contribution < -0.4 is 5.32 Å². The average Bonchev–Trinajstić information content (AvgIpc) is 2.85. The Labute approximate surface area is 96.7 Å². The predicted molar refractivity (Wildman–Crippen MR) is 60.2 cm³/mol. The number of ether oxygens (including phenoxy) is 2. The van der Waals surface area contributed by atoms with Crippen molar-refractivity contribution in [3.8, 4) is 0 Å². The first-order valence-electron chi connectivity index (χ1n) is 6.22. The molecule has 1 spiro atoms. The molecule has 0 unspecified atom stereocenters. The Hall–Kier alpha value is -0.610. The fourth-order valence-corrected chi connectivity index (χ4v) is 2.41. The molecule has 0 saturated carbocycles. The van der Waals surface area contributed by atoms with E-state index in [1.165, 1.54) is 0 Å². The van der Waals surface area contributed by atoms with E-state index in [2.05, 4.69) is 12.2 Å². The third kappa shape index (κ3) is 2.55. The fraction of sp³-hybridized carbons (Fsp3) is 0.917. The van der Waals surface area contributed by atoms with Gasteiger partial charge >= 0.3 is 0 Å². The van der Waals surface area contributed by atoms with Crippen LogP contribution in [0.1, 0.15) is 39.5 Å². The van der Waals surface area contributed by atoms with Gasteiger partial charge in [-0.2, -0.15) is 0 Å². The molecule has 2 fully saturated rings. The molecule has 0 aromatic carbocycles. The number of epoxide rings is 1. The Morgan fingerprint density at radius 1 is 1.56 bits per heavy atom. The predicted octanol–water partition coefficient (Wildman–Crippen LogP) is 1.24. The van der Waals surface area contributed by atoms with E-state index in [0.29, 0.717) is 12.5 Å². The molecule has 16 heavy (non-hydrogen) atoms. The van der Waals surface area contributed by atoms with Crippen molar-refractivity contribution in [2.75, 3.05) is 13.2 Å². The van der Waals surface area contributed by atoms with Crippen molar-refractivity contribution in [1.29, 1.82) is 0 Å². The minimum Gasteiger partial charge on any atom is -0.377 e. The topological polar surface area (TPSA) is 50.9 Å². The van der Waals surface area contributed by atoms with E-state index in [1.807, 2.05) is 6.92 Å². The van der Waals surface area contributed by atoms with Gasteiger partial charge in [0.15, 0.2) is 0 Å². The van der Waals surface area contributed by atoms with Crippen molar-refractivity contribution in [3.05, 3.63) is 0 Å². The van der Waals surface area contributed by atoms with Crippen LogP contribution in [0.15, 0.2) is 0 Å². The van der Waals surface area contributed by atoms with E-state index in [0.717, 1.165) is 32.4 Å². The molecule has 0 aromatic heterocycles. The first-order chi connectivity index (χ1) is 7.66. The van der Waals surface area contributed by atoms with Crippen molar-refractivity contribution in [3.63, 3.8) is 0 Å². The normalized spacial score (nSPS) is 37.4. The van der Waals surface area contributed by atoms with Crippen LogP contribution in [0.5, 0.6) is 0 Å². The summed E-state index contributed by atoms with van der Waals surface area (Å²) in [5, 5.41) is 2.88. The molecule has 1 N–H and O–H groups in total. The molecule has 0 radical (unpaired) electrons. The first kappa shape index (κ1) is 11.9. The SMILES string of the molecule is CCCNC(=O)C[C@@H]1C[C@@]2(CCO1)O[C@@H]2C. The minimum absolute atomic E-state index is 0.0357. The molecular formula is C12H21NO3. The summed E-state index contributed by atoms with van der Waals surface area (Å²) in [6.07, 6.45) is 3.67. The van der Waals surface area contributed by atoms with Gasteiger partial charge in [0.2, 0.25) is 5.91 Å². The van der Waals surface area contributed by atoms with Gasteiger partial charge in [-0.3, -0.25) is 4.79 Å². The first-order valence-corrected chi connectivity index (χ1v) is 6.22. The zero-order valence-corrected chi connectivity index (χ0v) is 10.1. The quantitative estimate of drug-likeness (QED) is 0.735. The lowest BCUT2D eigenvalue weighted by Gasteiger charge is -2.27. The summed E-state index contributed by atoms with van der Waals surface area (Å²) < 4.78 is 11.2. The van der Waals surface area contributed by atoms with Crippen molar-refractivity contribution >= 4 is 5.91 Å². The zero-order valence-electron chi connectivity index (χ0n) is 10.1. The highest BCUT2D eigenvalue weighted by atomic mass is 16.6. The highest BCUT2D eigenvalue weighted by Gasteiger charge is 2.55. The molecule has 2 aliphatic rings. The van der Waals surface area contributed by atoms with E-state index in [9.17, 15) is 4.79 Å². The average molecular weight is 227 g/mol. The van der Waals surface area contributed by atoms with Crippen LogP contribution in [0.3, 0.4) is 0 Å². The lowest BCUT2D eigenvalue weighted by molar-refractivity contribution is -0.125. The second-order valence-corrected chi connectivity index (χ2v) is 4.83. The number of carbonyl (C=O) groups excluding carboxylic acids is 1. The molecule has 0 aliphatic carbocycles.